The molecule has 1 aliphatic heterocycles. The quantitative estimate of drug-likeness (QED) is 0.697. The van der Waals surface area contributed by atoms with Gasteiger partial charge in [-0.05, 0) is 57.3 Å². The smallest absolute Gasteiger partial charge is 0.241 e. The number of benzene rings is 2. The number of likely N-dealkylation sites (N-methyl/N-ethyl adjacent to an activating group) is 1. The summed E-state index contributed by atoms with van der Waals surface area (Å²) in [5, 5.41) is 5.71. The Hall–Kier alpha value is -2.71. The number of rotatable bonds is 5. The van der Waals surface area contributed by atoms with Gasteiger partial charge in [-0.1, -0.05) is 28.1 Å². The molecule has 0 aromatic heterocycles. The van der Waals surface area contributed by atoms with Crippen molar-refractivity contribution < 1.29 is 14.4 Å². The number of fused-ring (bicyclic) bond motifs is 1. The molecule has 8 heteroatoms. The molecule has 30 heavy (non-hydrogen) atoms. The SMILES string of the molecule is C[C@@H](C(=O)Nc1ccc(Br)cc1)N(C)CC(=O)N1c2ccccc2NC(=O)C[C@@H]1C. The Morgan fingerprint density at radius 3 is 2.60 bits per heavy atom. The monoisotopic (exact) mass is 472 g/mol. The van der Waals surface area contributed by atoms with Crippen molar-refractivity contribution in [2.75, 3.05) is 29.1 Å². The maximum atomic E-state index is 13.2. The zero-order valence-electron chi connectivity index (χ0n) is 17.2. The van der Waals surface area contributed by atoms with Crippen molar-refractivity contribution in [3.05, 3.63) is 53.0 Å². The molecule has 0 fully saturated rings. The number of carbonyl (C=O) groups is 3. The van der Waals surface area contributed by atoms with E-state index in [1.807, 2.05) is 37.3 Å². The highest BCUT2D eigenvalue weighted by atomic mass is 79.9. The molecule has 1 aliphatic rings. The van der Waals surface area contributed by atoms with E-state index in [-0.39, 0.29) is 36.7 Å². The van der Waals surface area contributed by atoms with Gasteiger partial charge >= 0.3 is 0 Å². The highest BCUT2D eigenvalue weighted by molar-refractivity contribution is 9.10. The number of nitrogens with one attached hydrogen (secondary N) is 2. The minimum absolute atomic E-state index is 0.0434. The van der Waals surface area contributed by atoms with E-state index in [9.17, 15) is 14.4 Å². The lowest BCUT2D eigenvalue weighted by molar-refractivity contribution is -0.123. The number of anilines is 3. The van der Waals surface area contributed by atoms with Gasteiger partial charge in [-0.15, -0.1) is 0 Å². The fraction of sp³-hybridized carbons (Fsp3) is 0.318. The lowest BCUT2D eigenvalue weighted by Crippen LogP contribution is -2.48. The molecule has 2 N–H and O–H groups in total. The van der Waals surface area contributed by atoms with Crippen LogP contribution in [0.5, 0.6) is 0 Å². The van der Waals surface area contributed by atoms with Crippen LogP contribution < -0.4 is 15.5 Å². The van der Waals surface area contributed by atoms with E-state index >= 15 is 0 Å². The van der Waals surface area contributed by atoms with Gasteiger partial charge in [0.15, 0.2) is 0 Å². The second kappa shape index (κ2) is 9.40. The summed E-state index contributed by atoms with van der Waals surface area (Å²) < 4.78 is 0.927. The number of halogens is 1. The molecular weight excluding hydrogens is 448 g/mol. The van der Waals surface area contributed by atoms with Crippen LogP contribution in [0.25, 0.3) is 0 Å². The van der Waals surface area contributed by atoms with Gasteiger partial charge in [0.1, 0.15) is 0 Å². The molecule has 3 amide bonds. The lowest BCUT2D eigenvalue weighted by Gasteiger charge is -2.31. The van der Waals surface area contributed by atoms with Crippen LogP contribution in [0.1, 0.15) is 20.3 Å². The fourth-order valence-corrected chi connectivity index (χ4v) is 3.64. The Balaban J connectivity index is 1.70. The first kappa shape index (κ1) is 22.0. The van der Waals surface area contributed by atoms with E-state index in [0.717, 1.165) is 4.47 Å². The summed E-state index contributed by atoms with van der Waals surface area (Å²) >= 11 is 3.37. The van der Waals surface area contributed by atoms with Gasteiger partial charge < -0.3 is 15.5 Å². The van der Waals surface area contributed by atoms with Crippen LogP contribution in [-0.2, 0) is 14.4 Å². The van der Waals surface area contributed by atoms with Gasteiger partial charge in [-0.2, -0.15) is 0 Å². The summed E-state index contributed by atoms with van der Waals surface area (Å²) in [6.45, 7) is 3.65. The van der Waals surface area contributed by atoms with Crippen LogP contribution in [0.15, 0.2) is 53.0 Å². The maximum Gasteiger partial charge on any atom is 0.241 e. The largest absolute Gasteiger partial charge is 0.325 e. The summed E-state index contributed by atoms with van der Waals surface area (Å²) in [5.74, 6) is -0.494. The predicted octanol–water partition coefficient (Wildman–Crippen LogP) is 3.47. The predicted molar refractivity (Wildman–Crippen MR) is 122 cm³/mol. The Kier molecular flexibility index (Phi) is 6.89. The van der Waals surface area contributed by atoms with Gasteiger partial charge in [0.2, 0.25) is 17.7 Å². The Morgan fingerprint density at radius 2 is 1.90 bits per heavy atom. The van der Waals surface area contributed by atoms with Gasteiger partial charge in [-0.25, -0.2) is 0 Å². The van der Waals surface area contributed by atoms with Crippen molar-refractivity contribution >= 4 is 50.7 Å². The molecule has 2 aromatic carbocycles. The topological polar surface area (TPSA) is 81.8 Å². The number of hydrogen-bond acceptors (Lipinski definition) is 4. The minimum Gasteiger partial charge on any atom is -0.325 e. The van der Waals surface area contributed by atoms with Crippen LogP contribution in [0.3, 0.4) is 0 Å². The lowest BCUT2D eigenvalue weighted by atomic mass is 10.1. The molecule has 2 aromatic rings. The first-order valence-corrected chi connectivity index (χ1v) is 10.5. The van der Waals surface area contributed by atoms with E-state index in [4.69, 9.17) is 0 Å². The molecule has 1 heterocycles. The molecule has 158 valence electrons. The first-order valence-electron chi connectivity index (χ1n) is 9.74. The molecule has 0 spiro atoms. The van der Waals surface area contributed by atoms with Crippen molar-refractivity contribution in [3.8, 4) is 0 Å². The highest BCUT2D eigenvalue weighted by Gasteiger charge is 2.31. The third-order valence-corrected chi connectivity index (χ3v) is 5.69. The van der Waals surface area contributed by atoms with Gasteiger partial charge in [0.05, 0.1) is 24.0 Å². The zero-order chi connectivity index (χ0) is 21.8. The molecule has 0 unspecified atom stereocenters. The minimum atomic E-state index is -0.519. The zero-order valence-corrected chi connectivity index (χ0v) is 18.8. The highest BCUT2D eigenvalue weighted by Crippen LogP contribution is 2.31. The average Bonchev–Trinajstić information content (AvgIpc) is 2.83. The summed E-state index contributed by atoms with van der Waals surface area (Å²) in [5.41, 5.74) is 1.97. The molecule has 0 saturated carbocycles. The van der Waals surface area contributed by atoms with Crippen LogP contribution in [0.4, 0.5) is 17.1 Å². The Bertz CT molecular complexity index is 948. The molecular formula is C22H25BrN4O3. The molecule has 0 aliphatic carbocycles. The normalized spacial score (nSPS) is 17.0. The maximum absolute atomic E-state index is 13.2. The third-order valence-electron chi connectivity index (χ3n) is 5.16. The second-order valence-electron chi connectivity index (χ2n) is 7.47. The number of para-hydroxylation sites is 2. The van der Waals surface area contributed by atoms with Crippen LogP contribution in [-0.4, -0.2) is 48.3 Å². The van der Waals surface area contributed by atoms with E-state index in [1.54, 1.807) is 42.0 Å². The standard InChI is InChI=1S/C22H25BrN4O3/c1-14-12-20(28)25-18-6-4-5-7-19(18)27(14)21(29)13-26(3)15(2)22(30)24-17-10-8-16(23)9-11-17/h4-11,14-15H,12-13H2,1-3H3,(H,24,30)(H,25,28)/t14-,15-/m0/s1. The van der Waals surface area contributed by atoms with Crippen molar-refractivity contribution in [2.24, 2.45) is 0 Å². The van der Waals surface area contributed by atoms with Gasteiger partial charge in [0, 0.05) is 22.6 Å². The summed E-state index contributed by atoms with van der Waals surface area (Å²) in [7, 11) is 1.74. The molecule has 3 rings (SSSR count). The number of carbonyl (C=O) groups excluding carboxylic acids is 3. The van der Waals surface area contributed by atoms with Crippen LogP contribution in [0.2, 0.25) is 0 Å². The first-order chi connectivity index (χ1) is 14.3. The average molecular weight is 473 g/mol. The molecule has 2 atom stereocenters. The van der Waals surface area contributed by atoms with Gasteiger partial charge in [-0.3, -0.25) is 19.3 Å². The fourth-order valence-electron chi connectivity index (χ4n) is 3.37. The number of amides is 3. The van der Waals surface area contributed by atoms with Gasteiger partial charge in [0.25, 0.3) is 0 Å². The van der Waals surface area contributed by atoms with Crippen molar-refractivity contribution in [1.29, 1.82) is 0 Å². The van der Waals surface area contributed by atoms with Crippen LogP contribution >= 0.6 is 15.9 Å². The summed E-state index contributed by atoms with van der Waals surface area (Å²) in [6, 6.07) is 13.8. The van der Waals surface area contributed by atoms with Crippen molar-refractivity contribution in [2.45, 2.75) is 32.4 Å². The Morgan fingerprint density at radius 1 is 1.23 bits per heavy atom. The van der Waals surface area contributed by atoms with E-state index in [1.165, 1.54) is 0 Å². The van der Waals surface area contributed by atoms with Crippen molar-refractivity contribution in [1.82, 2.24) is 4.90 Å². The van der Waals surface area contributed by atoms with Crippen molar-refractivity contribution in [3.63, 3.8) is 0 Å². The molecule has 0 saturated heterocycles. The van der Waals surface area contributed by atoms with Crippen LogP contribution in [0, 0.1) is 0 Å². The third kappa shape index (κ3) is 5.06. The second-order valence-corrected chi connectivity index (χ2v) is 8.39. The summed E-state index contributed by atoms with van der Waals surface area (Å²) in [6.07, 6.45) is 0.212. The molecule has 7 nitrogen and oxygen atoms in total. The molecule has 0 radical (unpaired) electrons. The summed E-state index contributed by atoms with van der Waals surface area (Å²) in [4.78, 5) is 41.3. The number of hydrogen-bond donors (Lipinski definition) is 2. The van der Waals surface area contributed by atoms with E-state index < -0.39 is 6.04 Å². The number of nitrogens with zero attached hydrogens (tertiary/aromatic N) is 2. The molecule has 0 bridgehead atoms. The van der Waals surface area contributed by atoms with E-state index in [0.29, 0.717) is 17.1 Å². The Labute approximate surface area is 184 Å². The van der Waals surface area contributed by atoms with E-state index in [2.05, 4.69) is 26.6 Å².